The van der Waals surface area contributed by atoms with E-state index in [0.29, 0.717) is 12.0 Å². The van der Waals surface area contributed by atoms with Crippen molar-refractivity contribution >= 4 is 0 Å². The summed E-state index contributed by atoms with van der Waals surface area (Å²) in [5.41, 5.74) is 0.301. The van der Waals surface area contributed by atoms with Gasteiger partial charge >= 0.3 is 6.18 Å². The standard InChI is InChI=1S/C12H25F3N2/c1-11(2,3)5-7-16-8-10-17(4)9-6-12(13,14)15/h16H,5-10H2,1-4H3. The molecule has 0 unspecified atom stereocenters. The summed E-state index contributed by atoms with van der Waals surface area (Å²) < 4.78 is 35.8. The van der Waals surface area contributed by atoms with Crippen LogP contribution in [0.1, 0.15) is 33.6 Å². The van der Waals surface area contributed by atoms with E-state index in [1.54, 1.807) is 11.9 Å². The molecule has 0 bridgehead atoms. The summed E-state index contributed by atoms with van der Waals surface area (Å²) >= 11 is 0. The number of nitrogens with zero attached hydrogens (tertiary/aromatic N) is 1. The van der Waals surface area contributed by atoms with Crippen molar-refractivity contribution in [3.05, 3.63) is 0 Å². The average Bonchev–Trinajstić information content (AvgIpc) is 2.11. The maximum Gasteiger partial charge on any atom is 0.390 e. The summed E-state index contributed by atoms with van der Waals surface area (Å²) in [7, 11) is 1.72. The Morgan fingerprint density at radius 2 is 1.53 bits per heavy atom. The van der Waals surface area contributed by atoms with Crippen LogP contribution in [0.4, 0.5) is 13.2 Å². The largest absolute Gasteiger partial charge is 0.390 e. The Labute approximate surface area is 103 Å². The average molecular weight is 254 g/mol. The number of likely N-dealkylation sites (N-methyl/N-ethyl adjacent to an activating group) is 1. The minimum absolute atomic E-state index is 0.0739. The number of nitrogens with one attached hydrogen (secondary N) is 1. The predicted octanol–water partition coefficient (Wildman–Crippen LogP) is 2.90. The Morgan fingerprint density at radius 3 is 2.00 bits per heavy atom. The van der Waals surface area contributed by atoms with Gasteiger partial charge in [-0.15, -0.1) is 0 Å². The first-order chi connectivity index (χ1) is 7.60. The molecule has 0 atom stereocenters. The van der Waals surface area contributed by atoms with Crippen molar-refractivity contribution in [1.29, 1.82) is 0 Å². The van der Waals surface area contributed by atoms with Crippen molar-refractivity contribution in [1.82, 2.24) is 10.2 Å². The highest BCUT2D eigenvalue weighted by atomic mass is 19.4. The molecule has 0 amide bonds. The van der Waals surface area contributed by atoms with E-state index in [4.69, 9.17) is 0 Å². The summed E-state index contributed by atoms with van der Waals surface area (Å²) in [5.74, 6) is 0. The molecule has 5 heteroatoms. The molecule has 0 spiro atoms. The van der Waals surface area contributed by atoms with E-state index in [1.807, 2.05) is 0 Å². The lowest BCUT2D eigenvalue weighted by molar-refractivity contribution is -0.137. The summed E-state index contributed by atoms with van der Waals surface area (Å²) in [5, 5.41) is 3.25. The molecule has 0 heterocycles. The summed E-state index contributed by atoms with van der Waals surface area (Å²) in [6, 6.07) is 0. The van der Waals surface area contributed by atoms with E-state index in [0.717, 1.165) is 19.5 Å². The minimum atomic E-state index is -4.05. The molecule has 0 radical (unpaired) electrons. The molecule has 0 aromatic heterocycles. The SMILES string of the molecule is CN(CCNCCC(C)(C)C)CCC(F)(F)F. The van der Waals surface area contributed by atoms with Gasteiger partial charge in [0.15, 0.2) is 0 Å². The molecule has 0 aliphatic carbocycles. The molecule has 0 aromatic carbocycles. The van der Waals surface area contributed by atoms with Crippen molar-refractivity contribution in [2.45, 2.75) is 39.8 Å². The molecule has 104 valence electrons. The van der Waals surface area contributed by atoms with Gasteiger partial charge < -0.3 is 10.2 Å². The van der Waals surface area contributed by atoms with E-state index in [9.17, 15) is 13.2 Å². The molecule has 0 fully saturated rings. The molecule has 0 aliphatic rings. The molecule has 1 N–H and O–H groups in total. The highest BCUT2D eigenvalue weighted by molar-refractivity contribution is 4.64. The second-order valence-corrected chi connectivity index (χ2v) is 5.73. The summed E-state index contributed by atoms with van der Waals surface area (Å²) in [4.78, 5) is 1.71. The van der Waals surface area contributed by atoms with Crippen LogP contribution in [0.2, 0.25) is 0 Å². The van der Waals surface area contributed by atoms with Crippen LogP contribution in [-0.2, 0) is 0 Å². The van der Waals surface area contributed by atoms with Crippen molar-refractivity contribution in [2.75, 3.05) is 33.2 Å². The topological polar surface area (TPSA) is 15.3 Å². The molecule has 0 rings (SSSR count). The van der Waals surface area contributed by atoms with Gasteiger partial charge in [-0.25, -0.2) is 0 Å². The lowest BCUT2D eigenvalue weighted by Gasteiger charge is -2.20. The molecule has 0 aromatic rings. The number of halogens is 3. The second kappa shape index (κ2) is 7.21. The lowest BCUT2D eigenvalue weighted by atomic mass is 9.92. The zero-order valence-corrected chi connectivity index (χ0v) is 11.3. The molecule has 0 saturated heterocycles. The Kier molecular flexibility index (Phi) is 7.09. The monoisotopic (exact) mass is 254 g/mol. The first kappa shape index (κ1) is 16.7. The molecular weight excluding hydrogens is 229 g/mol. The number of alkyl halides is 3. The first-order valence-electron chi connectivity index (χ1n) is 6.06. The first-order valence-corrected chi connectivity index (χ1v) is 6.06. The van der Waals surface area contributed by atoms with Gasteiger partial charge in [-0.05, 0) is 25.4 Å². The molecule has 2 nitrogen and oxygen atoms in total. The quantitative estimate of drug-likeness (QED) is 0.703. The van der Waals surface area contributed by atoms with E-state index < -0.39 is 12.6 Å². The highest BCUT2D eigenvalue weighted by Gasteiger charge is 2.26. The van der Waals surface area contributed by atoms with E-state index in [2.05, 4.69) is 26.1 Å². The van der Waals surface area contributed by atoms with Crippen molar-refractivity contribution in [2.24, 2.45) is 5.41 Å². The molecular formula is C12H25F3N2. The number of hydrogen-bond acceptors (Lipinski definition) is 2. The number of hydrogen-bond donors (Lipinski definition) is 1. The fourth-order valence-electron chi connectivity index (χ4n) is 1.29. The van der Waals surface area contributed by atoms with Gasteiger partial charge in [0.25, 0.3) is 0 Å². The molecule has 17 heavy (non-hydrogen) atoms. The minimum Gasteiger partial charge on any atom is -0.315 e. The van der Waals surface area contributed by atoms with E-state index >= 15 is 0 Å². The van der Waals surface area contributed by atoms with Gasteiger partial charge in [-0.3, -0.25) is 0 Å². The van der Waals surface area contributed by atoms with E-state index in [-0.39, 0.29) is 6.54 Å². The zero-order valence-electron chi connectivity index (χ0n) is 11.3. The van der Waals surface area contributed by atoms with Crippen molar-refractivity contribution in [3.8, 4) is 0 Å². The van der Waals surface area contributed by atoms with Gasteiger partial charge in [0.2, 0.25) is 0 Å². The summed E-state index contributed by atoms with van der Waals surface area (Å²) in [6.45, 7) is 8.89. The fourth-order valence-corrected chi connectivity index (χ4v) is 1.29. The van der Waals surface area contributed by atoms with Gasteiger partial charge in [-0.1, -0.05) is 20.8 Å². The van der Waals surface area contributed by atoms with Gasteiger partial charge in [-0.2, -0.15) is 13.2 Å². The van der Waals surface area contributed by atoms with Crippen LogP contribution in [0.5, 0.6) is 0 Å². The van der Waals surface area contributed by atoms with Crippen molar-refractivity contribution < 1.29 is 13.2 Å². The Balaban J connectivity index is 3.43. The van der Waals surface area contributed by atoms with E-state index in [1.165, 1.54) is 0 Å². The van der Waals surface area contributed by atoms with Crippen LogP contribution >= 0.6 is 0 Å². The maximum absolute atomic E-state index is 11.9. The Hall–Kier alpha value is -0.290. The van der Waals surface area contributed by atoms with Crippen LogP contribution in [0.25, 0.3) is 0 Å². The third kappa shape index (κ3) is 13.6. The van der Waals surface area contributed by atoms with Crippen LogP contribution in [0, 0.1) is 5.41 Å². The van der Waals surface area contributed by atoms with Gasteiger partial charge in [0.1, 0.15) is 0 Å². The Morgan fingerprint density at radius 1 is 0.941 bits per heavy atom. The third-order valence-electron chi connectivity index (χ3n) is 2.50. The number of rotatable bonds is 7. The highest BCUT2D eigenvalue weighted by Crippen LogP contribution is 2.19. The van der Waals surface area contributed by atoms with Gasteiger partial charge in [0.05, 0.1) is 6.42 Å². The fraction of sp³-hybridized carbons (Fsp3) is 1.00. The molecule has 0 saturated carbocycles. The van der Waals surface area contributed by atoms with Gasteiger partial charge in [0, 0.05) is 19.6 Å². The smallest absolute Gasteiger partial charge is 0.315 e. The zero-order chi connectivity index (χ0) is 13.5. The van der Waals surface area contributed by atoms with Crippen LogP contribution in [0.3, 0.4) is 0 Å². The van der Waals surface area contributed by atoms with Crippen LogP contribution in [0.15, 0.2) is 0 Å². The maximum atomic E-state index is 11.9. The third-order valence-corrected chi connectivity index (χ3v) is 2.50. The second-order valence-electron chi connectivity index (χ2n) is 5.73. The Bertz CT molecular complexity index is 197. The predicted molar refractivity (Wildman–Crippen MR) is 65.1 cm³/mol. The van der Waals surface area contributed by atoms with Crippen LogP contribution in [-0.4, -0.2) is 44.3 Å². The van der Waals surface area contributed by atoms with Crippen molar-refractivity contribution in [3.63, 3.8) is 0 Å². The van der Waals surface area contributed by atoms with Crippen LogP contribution < -0.4 is 5.32 Å². The normalized spacial score (nSPS) is 13.4. The summed E-state index contributed by atoms with van der Waals surface area (Å²) in [6.07, 6.45) is -3.71. The molecule has 0 aliphatic heterocycles. The lowest BCUT2D eigenvalue weighted by Crippen LogP contribution is -2.32.